The zero-order valence-corrected chi connectivity index (χ0v) is 48.0. The van der Waals surface area contributed by atoms with Crippen LogP contribution in [0.4, 0.5) is 34.1 Å². The van der Waals surface area contributed by atoms with Crippen LogP contribution in [0.2, 0.25) is 0 Å². The molecule has 13 rings (SSSR count). The van der Waals surface area contributed by atoms with Crippen molar-refractivity contribution in [3.05, 3.63) is 203 Å². The van der Waals surface area contributed by atoms with Crippen molar-refractivity contribution in [2.45, 2.75) is 119 Å². The molecule has 6 heteroatoms. The van der Waals surface area contributed by atoms with E-state index in [1.54, 1.807) is 0 Å². The van der Waals surface area contributed by atoms with E-state index in [9.17, 15) is 0 Å². The summed E-state index contributed by atoms with van der Waals surface area (Å²) in [4.78, 5) is 5.01. The third kappa shape index (κ3) is 8.03. The molecule has 0 fully saturated rings. The number of ether oxygens (including phenoxy) is 2. The fourth-order valence-electron chi connectivity index (χ4n) is 12.8. The molecule has 4 aliphatic heterocycles. The molecular formula is C72H70B2N2O2. The summed E-state index contributed by atoms with van der Waals surface area (Å²) in [5.41, 5.74) is 26.2. The number of hydrogen-bond acceptors (Lipinski definition) is 4. The van der Waals surface area contributed by atoms with Crippen LogP contribution in [0.15, 0.2) is 170 Å². The summed E-state index contributed by atoms with van der Waals surface area (Å²) >= 11 is 0. The molecule has 78 heavy (non-hydrogen) atoms. The Labute approximate surface area is 464 Å². The van der Waals surface area contributed by atoms with Crippen molar-refractivity contribution in [3.63, 3.8) is 0 Å². The fourth-order valence-corrected chi connectivity index (χ4v) is 12.8. The van der Waals surface area contributed by atoms with Crippen molar-refractivity contribution in [1.82, 2.24) is 0 Å². The quantitative estimate of drug-likeness (QED) is 0.164. The van der Waals surface area contributed by atoms with Gasteiger partial charge in [-0.2, -0.15) is 0 Å². The molecule has 9 aromatic rings. The van der Waals surface area contributed by atoms with Gasteiger partial charge in [0.15, 0.2) is 0 Å². The summed E-state index contributed by atoms with van der Waals surface area (Å²) in [5, 5.41) is 0. The molecule has 0 atom stereocenters. The summed E-state index contributed by atoms with van der Waals surface area (Å²) in [6.07, 6.45) is 0. The fraction of sp³-hybridized carbons (Fsp3) is 0.250. The number of benzene rings is 9. The van der Waals surface area contributed by atoms with Crippen LogP contribution in [0.25, 0.3) is 22.3 Å². The van der Waals surface area contributed by atoms with E-state index >= 15 is 0 Å². The molecule has 0 radical (unpaired) electrons. The zero-order chi connectivity index (χ0) is 54.5. The van der Waals surface area contributed by atoms with Crippen LogP contribution in [0, 0.1) is 13.8 Å². The molecule has 0 aromatic heterocycles. The lowest BCUT2D eigenvalue weighted by molar-refractivity contribution is 0.466. The molecule has 4 heterocycles. The Morgan fingerprint density at radius 2 is 0.679 bits per heavy atom. The highest BCUT2D eigenvalue weighted by Crippen LogP contribution is 2.48. The van der Waals surface area contributed by atoms with Crippen molar-refractivity contribution in [2.24, 2.45) is 0 Å². The summed E-state index contributed by atoms with van der Waals surface area (Å²) < 4.78 is 15.0. The maximum atomic E-state index is 7.48. The van der Waals surface area contributed by atoms with Crippen LogP contribution < -0.4 is 52.1 Å². The van der Waals surface area contributed by atoms with E-state index in [2.05, 4.69) is 277 Å². The van der Waals surface area contributed by atoms with E-state index in [0.29, 0.717) is 0 Å². The summed E-state index contributed by atoms with van der Waals surface area (Å²) in [5.74, 6) is 3.40. The molecule has 0 aliphatic carbocycles. The first-order valence-electron chi connectivity index (χ1n) is 28.1. The van der Waals surface area contributed by atoms with Gasteiger partial charge < -0.3 is 19.3 Å². The van der Waals surface area contributed by atoms with Gasteiger partial charge in [-0.25, -0.2) is 0 Å². The largest absolute Gasteiger partial charge is 0.458 e. The van der Waals surface area contributed by atoms with E-state index in [-0.39, 0.29) is 35.1 Å². The highest BCUT2D eigenvalue weighted by atomic mass is 16.5. The first-order chi connectivity index (χ1) is 37.0. The summed E-state index contributed by atoms with van der Waals surface area (Å²) in [6.45, 7) is 31.8. The van der Waals surface area contributed by atoms with Crippen molar-refractivity contribution < 1.29 is 9.47 Å². The van der Waals surface area contributed by atoms with Gasteiger partial charge >= 0.3 is 0 Å². The SMILES string of the molecule is Cc1ccccc1-c1cc2c3c(c1)N(c1ccc(C(C)(C)C)cc1)c1ccc(C(C)(C)C)cc1B3c1cc3c(cc1O2)Oc1cc(-c2ccccc2C)cc2c1B3c1cc(C(C)(C)C)ccc1N2c1ccc(C(C)(C)C)cc1. The van der Waals surface area contributed by atoms with Gasteiger partial charge in [0.25, 0.3) is 13.4 Å². The van der Waals surface area contributed by atoms with Gasteiger partial charge in [-0.05, 0) is 185 Å². The van der Waals surface area contributed by atoms with Gasteiger partial charge in [0.2, 0.25) is 0 Å². The van der Waals surface area contributed by atoms with Crippen molar-refractivity contribution in [1.29, 1.82) is 0 Å². The molecule has 0 unspecified atom stereocenters. The second-order valence-electron chi connectivity index (χ2n) is 26.8. The lowest BCUT2D eigenvalue weighted by Crippen LogP contribution is -2.63. The van der Waals surface area contributed by atoms with Gasteiger partial charge in [0.1, 0.15) is 23.0 Å². The lowest BCUT2D eigenvalue weighted by Gasteiger charge is -2.43. The minimum Gasteiger partial charge on any atom is -0.458 e. The maximum Gasteiger partial charge on any atom is 0.256 e. The van der Waals surface area contributed by atoms with Crippen LogP contribution >= 0.6 is 0 Å². The minimum atomic E-state index is -0.136. The topological polar surface area (TPSA) is 24.9 Å². The van der Waals surface area contributed by atoms with E-state index in [1.165, 1.54) is 77.7 Å². The molecule has 0 bridgehead atoms. The van der Waals surface area contributed by atoms with Gasteiger partial charge in [-0.15, -0.1) is 0 Å². The smallest absolute Gasteiger partial charge is 0.256 e. The summed E-state index contributed by atoms with van der Waals surface area (Å²) in [6, 6.07) is 64.5. The highest BCUT2D eigenvalue weighted by molar-refractivity contribution is 7.02. The Bertz CT molecular complexity index is 3680. The first-order valence-corrected chi connectivity index (χ1v) is 28.1. The van der Waals surface area contributed by atoms with E-state index in [4.69, 9.17) is 9.47 Å². The number of fused-ring (bicyclic) bond motifs is 8. The zero-order valence-electron chi connectivity index (χ0n) is 48.0. The third-order valence-electron chi connectivity index (χ3n) is 17.3. The Hall–Kier alpha value is -7.69. The average Bonchev–Trinajstić information content (AvgIpc) is 2.41. The van der Waals surface area contributed by atoms with E-state index in [1.807, 2.05) is 0 Å². The molecule has 0 saturated heterocycles. The van der Waals surface area contributed by atoms with Crippen molar-refractivity contribution in [2.75, 3.05) is 9.80 Å². The van der Waals surface area contributed by atoms with Crippen LogP contribution in [0.1, 0.15) is 116 Å². The molecule has 386 valence electrons. The number of nitrogens with zero attached hydrogens (tertiary/aromatic N) is 2. The molecule has 0 N–H and O–H groups in total. The predicted molar refractivity (Wildman–Crippen MR) is 333 cm³/mol. The Morgan fingerprint density at radius 3 is 1.04 bits per heavy atom. The molecule has 9 aromatic carbocycles. The highest BCUT2D eigenvalue weighted by Gasteiger charge is 2.47. The van der Waals surface area contributed by atoms with Crippen LogP contribution in [-0.4, -0.2) is 13.4 Å². The predicted octanol–water partition coefficient (Wildman–Crippen LogP) is 15.6. The van der Waals surface area contributed by atoms with Gasteiger partial charge in [-0.1, -0.05) is 186 Å². The molecule has 4 nitrogen and oxygen atoms in total. The van der Waals surface area contributed by atoms with Crippen molar-refractivity contribution in [3.8, 4) is 45.3 Å². The van der Waals surface area contributed by atoms with Crippen molar-refractivity contribution >= 4 is 80.3 Å². The molecule has 4 aliphatic rings. The van der Waals surface area contributed by atoms with Gasteiger partial charge in [0, 0.05) is 40.2 Å². The normalized spacial score (nSPS) is 14.1. The standard InChI is InChI=1S/C72H70B2N2O2/c1-43-19-15-17-21-53(43)45-35-61-67-65(37-45)77-63-42-64-58(41-57(63)73(67)55-39-49(71(9,10)11)27-33-59(55)75(61)51-29-23-47(24-30-51)69(3,4)5)74-56-40-50(72(12,13)14)28-34-60(56)76(52-31-25-48(26-32-52)70(6,7)8)62-36-46(38-66(78-64)68(62)74)54-22-18-16-20-44(54)2/h15-42H,1-14H3. The molecule has 0 amide bonds. The van der Waals surface area contributed by atoms with Crippen LogP contribution in [0.3, 0.4) is 0 Å². The van der Waals surface area contributed by atoms with E-state index < -0.39 is 0 Å². The number of anilines is 6. The minimum absolute atomic E-state index is 0.0169. The Balaban J connectivity index is 1.08. The summed E-state index contributed by atoms with van der Waals surface area (Å²) in [7, 11) is 0. The molecular weight excluding hydrogens is 946 g/mol. The second-order valence-corrected chi connectivity index (χ2v) is 26.8. The van der Waals surface area contributed by atoms with Gasteiger partial charge in [0.05, 0.1) is 0 Å². The Morgan fingerprint density at radius 1 is 0.321 bits per heavy atom. The second kappa shape index (κ2) is 17.4. The maximum absolute atomic E-state index is 7.48. The lowest BCUT2D eigenvalue weighted by atomic mass is 9.31. The third-order valence-corrected chi connectivity index (χ3v) is 17.3. The number of aryl methyl sites for hydroxylation is 2. The molecule has 0 spiro atoms. The first kappa shape index (κ1) is 49.9. The van der Waals surface area contributed by atoms with Crippen LogP contribution in [0.5, 0.6) is 23.0 Å². The number of hydrogen-bond donors (Lipinski definition) is 0. The average molecular weight is 1020 g/mol. The molecule has 0 saturated carbocycles. The van der Waals surface area contributed by atoms with E-state index in [0.717, 1.165) is 67.8 Å². The van der Waals surface area contributed by atoms with Crippen LogP contribution in [-0.2, 0) is 21.7 Å². The Kier molecular flexibility index (Phi) is 11.1. The number of rotatable bonds is 4. The monoisotopic (exact) mass is 1020 g/mol. The van der Waals surface area contributed by atoms with Gasteiger partial charge in [-0.3, -0.25) is 0 Å².